The molecule has 0 unspecified atom stereocenters. The normalized spacial score (nSPS) is 14.9. The third kappa shape index (κ3) is 5.02. The average molecular weight is 493 g/mol. The van der Waals surface area contributed by atoms with E-state index < -0.39 is 17.3 Å². The van der Waals surface area contributed by atoms with Gasteiger partial charge in [0.2, 0.25) is 0 Å². The summed E-state index contributed by atoms with van der Waals surface area (Å²) in [5.41, 5.74) is 1.56. The summed E-state index contributed by atoms with van der Waals surface area (Å²) in [5.74, 6) is -0.0600. The Bertz CT molecular complexity index is 1220. The molecule has 0 saturated carbocycles. The number of anilines is 3. The van der Waals surface area contributed by atoms with Crippen LogP contribution in [0.4, 0.5) is 30.2 Å². The van der Waals surface area contributed by atoms with E-state index in [2.05, 4.69) is 38.2 Å². The van der Waals surface area contributed by atoms with Crippen molar-refractivity contribution in [3.8, 4) is 5.82 Å². The minimum atomic E-state index is -4.52. The Morgan fingerprint density at radius 2 is 1.79 bits per heavy atom. The third-order valence-electron chi connectivity index (χ3n) is 5.88. The lowest BCUT2D eigenvalue weighted by molar-refractivity contribution is -0.137. The number of hydrogen-bond acceptors (Lipinski definition) is 6. The molecule has 1 fully saturated rings. The van der Waals surface area contributed by atoms with E-state index >= 15 is 0 Å². The van der Waals surface area contributed by atoms with E-state index in [1.54, 1.807) is 0 Å². The van der Waals surface area contributed by atoms with E-state index in [-0.39, 0.29) is 10.8 Å². The van der Waals surface area contributed by atoms with Gasteiger partial charge in [0.15, 0.2) is 5.82 Å². The molecule has 1 aliphatic heterocycles. The second-order valence-electron chi connectivity index (χ2n) is 8.04. The highest BCUT2D eigenvalue weighted by Crippen LogP contribution is 2.30. The number of likely N-dealkylation sites (N-methyl/N-ethyl adjacent to an activating group) is 1. The molecule has 3 aromatic rings. The van der Waals surface area contributed by atoms with Crippen molar-refractivity contribution in [3.05, 3.63) is 69.2 Å². The zero-order valence-electron chi connectivity index (χ0n) is 18.7. The van der Waals surface area contributed by atoms with E-state index in [1.165, 1.54) is 6.20 Å². The molecular formula is C23H24ClF3N6O. The zero-order valence-corrected chi connectivity index (χ0v) is 19.5. The average Bonchev–Trinajstić information content (AvgIpc) is 2.83. The highest BCUT2D eigenvalue weighted by molar-refractivity contribution is 6.33. The summed E-state index contributed by atoms with van der Waals surface area (Å²) in [5, 5.41) is 7.02. The molecule has 0 atom stereocenters. The van der Waals surface area contributed by atoms with Crippen molar-refractivity contribution in [2.75, 3.05) is 42.9 Å². The standard InChI is InChI=1S/C23H24ClF3N6O/c1-3-31-8-10-32(11-9-31)17-5-6-18(15(2)12-17)30-19-14-29-33(22(34)21(19)24)20-7-4-16(13-28-20)23(25,26)27/h4-7,12-14,30H,3,8-11H2,1-2H3. The Morgan fingerprint density at radius 3 is 2.38 bits per heavy atom. The van der Waals surface area contributed by atoms with Gasteiger partial charge in [-0.15, -0.1) is 0 Å². The molecule has 0 radical (unpaired) electrons. The molecule has 180 valence electrons. The second-order valence-corrected chi connectivity index (χ2v) is 8.42. The number of halogens is 4. The van der Waals surface area contributed by atoms with Crippen molar-refractivity contribution in [3.63, 3.8) is 0 Å². The molecule has 0 aliphatic carbocycles. The van der Waals surface area contributed by atoms with Crippen molar-refractivity contribution in [1.82, 2.24) is 19.7 Å². The van der Waals surface area contributed by atoms with Crippen molar-refractivity contribution in [1.29, 1.82) is 0 Å². The topological polar surface area (TPSA) is 66.3 Å². The number of nitrogens with zero attached hydrogens (tertiary/aromatic N) is 5. The number of aryl methyl sites for hydroxylation is 1. The molecule has 0 bridgehead atoms. The first-order valence-corrected chi connectivity index (χ1v) is 11.2. The van der Waals surface area contributed by atoms with Crippen LogP contribution in [0.25, 0.3) is 5.82 Å². The van der Waals surface area contributed by atoms with E-state index in [9.17, 15) is 18.0 Å². The van der Waals surface area contributed by atoms with Crippen molar-refractivity contribution >= 4 is 28.7 Å². The van der Waals surface area contributed by atoms with Crippen molar-refractivity contribution in [2.24, 2.45) is 0 Å². The molecule has 7 nitrogen and oxygen atoms in total. The van der Waals surface area contributed by atoms with E-state index in [0.717, 1.165) is 66.5 Å². The number of hydrogen-bond donors (Lipinski definition) is 1. The Morgan fingerprint density at radius 1 is 1.06 bits per heavy atom. The molecule has 34 heavy (non-hydrogen) atoms. The first kappa shape index (κ1) is 24.0. The van der Waals surface area contributed by atoms with Crippen molar-refractivity contribution in [2.45, 2.75) is 20.0 Å². The molecule has 2 aromatic heterocycles. The number of pyridine rings is 1. The highest BCUT2D eigenvalue weighted by atomic mass is 35.5. The number of rotatable bonds is 5. The Hall–Kier alpha value is -3.11. The Kier molecular flexibility index (Phi) is 6.81. The van der Waals surface area contributed by atoms with Crippen molar-refractivity contribution < 1.29 is 13.2 Å². The van der Waals surface area contributed by atoms with Gasteiger partial charge in [0, 0.05) is 43.8 Å². The molecule has 1 saturated heterocycles. The van der Waals surface area contributed by atoms with Gasteiger partial charge in [-0.05, 0) is 49.4 Å². The minimum absolute atomic E-state index is 0.0600. The van der Waals surface area contributed by atoms with Gasteiger partial charge in [-0.2, -0.15) is 23.0 Å². The lowest BCUT2D eigenvalue weighted by atomic mass is 10.1. The molecule has 4 rings (SSSR count). The molecule has 1 aromatic carbocycles. The van der Waals surface area contributed by atoms with Gasteiger partial charge in [-0.3, -0.25) is 4.79 Å². The molecule has 1 N–H and O–H groups in total. The Balaban J connectivity index is 1.52. The zero-order chi connectivity index (χ0) is 24.5. The van der Waals surface area contributed by atoms with Crippen LogP contribution in [0.5, 0.6) is 0 Å². The largest absolute Gasteiger partial charge is 0.417 e. The molecule has 11 heteroatoms. The summed E-state index contributed by atoms with van der Waals surface area (Å²) in [4.78, 5) is 21.2. The number of benzene rings is 1. The summed E-state index contributed by atoms with van der Waals surface area (Å²) >= 11 is 6.28. The predicted octanol–water partition coefficient (Wildman–Crippen LogP) is 4.49. The summed E-state index contributed by atoms with van der Waals surface area (Å²) in [6.07, 6.45) is -2.52. The minimum Gasteiger partial charge on any atom is -0.369 e. The van der Waals surface area contributed by atoms with E-state index in [1.807, 2.05) is 19.1 Å². The van der Waals surface area contributed by atoms with Crippen LogP contribution >= 0.6 is 11.6 Å². The van der Waals surface area contributed by atoms with Crippen LogP contribution in [0.2, 0.25) is 5.02 Å². The van der Waals surface area contributed by atoms with Crippen LogP contribution in [0.15, 0.2) is 47.5 Å². The summed E-state index contributed by atoms with van der Waals surface area (Å²) < 4.78 is 39.1. The monoisotopic (exact) mass is 492 g/mol. The van der Waals surface area contributed by atoms with E-state index in [0.29, 0.717) is 11.9 Å². The summed E-state index contributed by atoms with van der Waals surface area (Å²) in [7, 11) is 0. The number of alkyl halides is 3. The number of nitrogens with one attached hydrogen (secondary N) is 1. The number of piperazine rings is 1. The number of aromatic nitrogens is 3. The SMILES string of the molecule is CCN1CCN(c2ccc(Nc3cnn(-c4ccc(C(F)(F)F)cn4)c(=O)c3Cl)c(C)c2)CC1. The van der Waals surface area contributed by atoms with Gasteiger partial charge >= 0.3 is 6.18 Å². The maximum atomic E-state index is 12.8. The fraction of sp³-hybridized carbons (Fsp3) is 0.348. The summed E-state index contributed by atoms with van der Waals surface area (Å²) in [6, 6.07) is 7.94. The lowest BCUT2D eigenvalue weighted by Gasteiger charge is -2.35. The maximum absolute atomic E-state index is 12.8. The molecule has 0 amide bonds. The molecule has 1 aliphatic rings. The van der Waals surface area contributed by atoms with Crippen LogP contribution < -0.4 is 15.8 Å². The second kappa shape index (κ2) is 9.63. The molecule has 0 spiro atoms. The van der Waals surface area contributed by atoms with Crippen LogP contribution in [0.3, 0.4) is 0 Å². The first-order chi connectivity index (χ1) is 16.2. The molecular weight excluding hydrogens is 469 g/mol. The first-order valence-electron chi connectivity index (χ1n) is 10.8. The van der Waals surface area contributed by atoms with Gasteiger partial charge in [-0.1, -0.05) is 18.5 Å². The van der Waals surface area contributed by atoms with Gasteiger partial charge < -0.3 is 15.1 Å². The fourth-order valence-electron chi connectivity index (χ4n) is 3.81. The van der Waals surface area contributed by atoms with Crippen LogP contribution in [0.1, 0.15) is 18.1 Å². The fourth-order valence-corrected chi connectivity index (χ4v) is 3.99. The van der Waals surface area contributed by atoms with Gasteiger partial charge in [-0.25, -0.2) is 4.98 Å². The quantitative estimate of drug-likeness (QED) is 0.566. The Labute approximate surface area is 199 Å². The van der Waals surface area contributed by atoms with Crippen LogP contribution in [0, 0.1) is 6.92 Å². The van der Waals surface area contributed by atoms with Crippen LogP contribution in [-0.2, 0) is 6.18 Å². The van der Waals surface area contributed by atoms with Gasteiger partial charge in [0.25, 0.3) is 5.56 Å². The summed E-state index contributed by atoms with van der Waals surface area (Å²) in [6.45, 7) is 9.17. The van der Waals surface area contributed by atoms with Gasteiger partial charge in [0.05, 0.1) is 17.4 Å². The third-order valence-corrected chi connectivity index (χ3v) is 6.24. The maximum Gasteiger partial charge on any atom is 0.417 e. The van der Waals surface area contributed by atoms with Gasteiger partial charge in [0.1, 0.15) is 5.02 Å². The van der Waals surface area contributed by atoms with Crippen LogP contribution in [-0.4, -0.2) is 52.4 Å². The highest BCUT2D eigenvalue weighted by Gasteiger charge is 2.30. The molecule has 3 heterocycles. The van der Waals surface area contributed by atoms with E-state index in [4.69, 9.17) is 11.6 Å². The smallest absolute Gasteiger partial charge is 0.369 e. The predicted molar refractivity (Wildman–Crippen MR) is 126 cm³/mol. The lowest BCUT2D eigenvalue weighted by Crippen LogP contribution is -2.46.